The standard InChI is InChI=1S/C16H16INO3/c1-16(2,3)13-8-10(15(19)20)9-14(18-13)21-12-7-5-4-6-11(12)17/h4-9H,1-3H3,(H,19,20). The van der Waals surface area contributed by atoms with Crippen LogP contribution in [0.5, 0.6) is 11.6 Å². The average molecular weight is 397 g/mol. The fraction of sp³-hybridized carbons (Fsp3) is 0.250. The molecule has 1 aromatic carbocycles. The summed E-state index contributed by atoms with van der Waals surface area (Å²) in [6, 6.07) is 10.6. The van der Waals surface area contributed by atoms with Crippen LogP contribution in [0.4, 0.5) is 0 Å². The number of carboxylic acid groups (broad SMARTS) is 1. The highest BCUT2D eigenvalue weighted by Gasteiger charge is 2.20. The van der Waals surface area contributed by atoms with Gasteiger partial charge in [0, 0.05) is 11.5 Å². The van der Waals surface area contributed by atoms with E-state index in [-0.39, 0.29) is 11.0 Å². The van der Waals surface area contributed by atoms with Crippen LogP contribution in [0, 0.1) is 3.57 Å². The Morgan fingerprint density at radius 3 is 2.48 bits per heavy atom. The van der Waals surface area contributed by atoms with Crippen LogP contribution in [0.2, 0.25) is 0 Å². The summed E-state index contributed by atoms with van der Waals surface area (Å²) in [6.07, 6.45) is 0. The molecule has 110 valence electrons. The van der Waals surface area contributed by atoms with Gasteiger partial charge in [-0.1, -0.05) is 32.9 Å². The topological polar surface area (TPSA) is 59.4 Å². The number of hydrogen-bond donors (Lipinski definition) is 1. The molecule has 2 aromatic rings. The van der Waals surface area contributed by atoms with Gasteiger partial charge in [-0.25, -0.2) is 9.78 Å². The molecule has 0 saturated carbocycles. The molecule has 0 atom stereocenters. The molecule has 4 nitrogen and oxygen atoms in total. The second-order valence-electron chi connectivity index (χ2n) is 5.67. The molecule has 21 heavy (non-hydrogen) atoms. The number of aromatic carboxylic acids is 1. The van der Waals surface area contributed by atoms with Crippen molar-refractivity contribution in [1.29, 1.82) is 0 Å². The maximum Gasteiger partial charge on any atom is 0.335 e. The molecule has 0 saturated heterocycles. The summed E-state index contributed by atoms with van der Waals surface area (Å²) in [5.74, 6) is -0.0348. The molecule has 1 N–H and O–H groups in total. The third kappa shape index (κ3) is 3.93. The number of aromatic nitrogens is 1. The Morgan fingerprint density at radius 2 is 1.90 bits per heavy atom. The molecule has 0 spiro atoms. The smallest absolute Gasteiger partial charge is 0.335 e. The van der Waals surface area contributed by atoms with Crippen molar-refractivity contribution < 1.29 is 14.6 Å². The summed E-state index contributed by atoms with van der Waals surface area (Å²) >= 11 is 2.16. The summed E-state index contributed by atoms with van der Waals surface area (Å²) in [6.45, 7) is 5.95. The van der Waals surface area contributed by atoms with Crippen LogP contribution < -0.4 is 4.74 Å². The van der Waals surface area contributed by atoms with E-state index in [1.165, 1.54) is 6.07 Å². The molecule has 0 aliphatic heterocycles. The van der Waals surface area contributed by atoms with Crippen molar-refractivity contribution in [3.05, 3.63) is 51.2 Å². The maximum absolute atomic E-state index is 11.3. The molecule has 0 radical (unpaired) electrons. The third-order valence-corrected chi connectivity index (χ3v) is 3.76. The molecule has 0 aliphatic rings. The fourth-order valence-corrected chi connectivity index (χ4v) is 2.20. The van der Waals surface area contributed by atoms with Crippen LogP contribution in [-0.4, -0.2) is 16.1 Å². The van der Waals surface area contributed by atoms with Crippen molar-refractivity contribution in [3.8, 4) is 11.6 Å². The number of benzene rings is 1. The number of carbonyl (C=O) groups is 1. The normalized spacial score (nSPS) is 11.2. The van der Waals surface area contributed by atoms with E-state index >= 15 is 0 Å². The number of nitrogens with zero attached hydrogens (tertiary/aromatic N) is 1. The van der Waals surface area contributed by atoms with E-state index in [1.54, 1.807) is 6.07 Å². The van der Waals surface area contributed by atoms with Crippen LogP contribution >= 0.6 is 22.6 Å². The van der Waals surface area contributed by atoms with Crippen molar-refractivity contribution in [2.75, 3.05) is 0 Å². The van der Waals surface area contributed by atoms with Crippen molar-refractivity contribution in [1.82, 2.24) is 4.98 Å². The van der Waals surface area contributed by atoms with Crippen molar-refractivity contribution >= 4 is 28.6 Å². The minimum atomic E-state index is -0.990. The number of para-hydroxylation sites is 1. The molecule has 0 aliphatic carbocycles. The zero-order valence-corrected chi connectivity index (χ0v) is 14.2. The molecule has 0 unspecified atom stereocenters. The fourth-order valence-electron chi connectivity index (χ4n) is 1.71. The van der Waals surface area contributed by atoms with Gasteiger partial charge in [0.2, 0.25) is 5.88 Å². The SMILES string of the molecule is CC(C)(C)c1cc(C(=O)O)cc(Oc2ccccc2I)n1. The van der Waals surface area contributed by atoms with Gasteiger partial charge in [0.25, 0.3) is 0 Å². The highest BCUT2D eigenvalue weighted by Crippen LogP contribution is 2.29. The van der Waals surface area contributed by atoms with Crippen LogP contribution in [0.1, 0.15) is 36.8 Å². The van der Waals surface area contributed by atoms with Crippen LogP contribution in [0.25, 0.3) is 0 Å². The number of hydrogen-bond acceptors (Lipinski definition) is 3. The average Bonchev–Trinajstić information content (AvgIpc) is 2.40. The lowest BCUT2D eigenvalue weighted by molar-refractivity contribution is 0.0696. The van der Waals surface area contributed by atoms with Gasteiger partial charge in [0.05, 0.1) is 14.8 Å². The first-order chi connectivity index (χ1) is 9.77. The zero-order valence-electron chi connectivity index (χ0n) is 12.1. The summed E-state index contributed by atoms with van der Waals surface area (Å²) < 4.78 is 6.69. The summed E-state index contributed by atoms with van der Waals surface area (Å²) in [4.78, 5) is 15.7. The first kappa shape index (κ1) is 15.8. The van der Waals surface area contributed by atoms with E-state index in [4.69, 9.17) is 4.74 Å². The van der Waals surface area contributed by atoms with E-state index in [1.807, 2.05) is 45.0 Å². The molecule has 1 heterocycles. The first-order valence-electron chi connectivity index (χ1n) is 6.45. The van der Waals surface area contributed by atoms with Crippen LogP contribution in [0.15, 0.2) is 36.4 Å². The highest BCUT2D eigenvalue weighted by atomic mass is 127. The predicted octanol–water partition coefficient (Wildman–Crippen LogP) is 4.47. The monoisotopic (exact) mass is 397 g/mol. The van der Waals surface area contributed by atoms with Crippen molar-refractivity contribution in [2.45, 2.75) is 26.2 Å². The highest BCUT2D eigenvalue weighted by molar-refractivity contribution is 14.1. The van der Waals surface area contributed by atoms with E-state index in [9.17, 15) is 9.90 Å². The summed E-state index contributed by atoms with van der Waals surface area (Å²) in [5, 5.41) is 9.24. The number of carboxylic acids is 1. The maximum atomic E-state index is 11.3. The van der Waals surface area contributed by atoms with E-state index < -0.39 is 5.97 Å². The lowest BCUT2D eigenvalue weighted by Gasteiger charge is -2.19. The number of halogens is 1. The van der Waals surface area contributed by atoms with Gasteiger partial charge in [-0.3, -0.25) is 0 Å². The number of ether oxygens (including phenoxy) is 1. The van der Waals surface area contributed by atoms with Crippen LogP contribution in [0.3, 0.4) is 0 Å². The lowest BCUT2D eigenvalue weighted by atomic mass is 9.91. The molecular formula is C16H16INO3. The van der Waals surface area contributed by atoms with Crippen LogP contribution in [-0.2, 0) is 5.41 Å². The lowest BCUT2D eigenvalue weighted by Crippen LogP contribution is -2.15. The Hall–Kier alpha value is -1.63. The first-order valence-corrected chi connectivity index (χ1v) is 7.53. The van der Waals surface area contributed by atoms with Crippen molar-refractivity contribution in [3.63, 3.8) is 0 Å². The Balaban J connectivity index is 2.46. The molecular weight excluding hydrogens is 381 g/mol. The Morgan fingerprint density at radius 1 is 1.24 bits per heavy atom. The Bertz CT molecular complexity index is 677. The molecule has 5 heteroatoms. The Labute approximate surface area is 137 Å². The van der Waals surface area contributed by atoms with Gasteiger partial charge in [0.1, 0.15) is 5.75 Å². The molecule has 0 fully saturated rings. The minimum Gasteiger partial charge on any atom is -0.478 e. The minimum absolute atomic E-state index is 0.177. The van der Waals surface area contributed by atoms with Gasteiger partial charge in [0.15, 0.2) is 0 Å². The second kappa shape index (κ2) is 6.01. The van der Waals surface area contributed by atoms with Gasteiger partial charge in [-0.05, 0) is 40.8 Å². The predicted molar refractivity (Wildman–Crippen MR) is 89.1 cm³/mol. The Kier molecular flexibility index (Phi) is 4.51. The molecule has 0 amide bonds. The van der Waals surface area contributed by atoms with E-state index in [0.29, 0.717) is 17.3 Å². The molecule has 0 bridgehead atoms. The number of rotatable bonds is 3. The largest absolute Gasteiger partial charge is 0.478 e. The van der Waals surface area contributed by atoms with Gasteiger partial charge >= 0.3 is 5.97 Å². The van der Waals surface area contributed by atoms with E-state index in [2.05, 4.69) is 27.6 Å². The molecule has 1 aromatic heterocycles. The summed E-state index contributed by atoms with van der Waals surface area (Å²) in [7, 11) is 0. The third-order valence-electron chi connectivity index (χ3n) is 2.87. The van der Waals surface area contributed by atoms with Gasteiger partial charge < -0.3 is 9.84 Å². The molecule has 2 rings (SSSR count). The zero-order chi connectivity index (χ0) is 15.6. The van der Waals surface area contributed by atoms with Crippen molar-refractivity contribution in [2.24, 2.45) is 0 Å². The summed E-state index contributed by atoms with van der Waals surface area (Å²) in [5.41, 5.74) is 0.604. The number of pyridine rings is 1. The quantitative estimate of drug-likeness (QED) is 0.777. The van der Waals surface area contributed by atoms with Gasteiger partial charge in [-0.2, -0.15) is 0 Å². The second-order valence-corrected chi connectivity index (χ2v) is 6.83. The van der Waals surface area contributed by atoms with Gasteiger partial charge in [-0.15, -0.1) is 0 Å². The van der Waals surface area contributed by atoms with E-state index in [0.717, 1.165) is 3.57 Å².